The Morgan fingerprint density at radius 1 is 1.12 bits per heavy atom. The van der Waals surface area contributed by atoms with Crippen molar-refractivity contribution in [2.24, 2.45) is 0 Å². The molecule has 2 aromatic heterocycles. The number of ketones is 1. The van der Waals surface area contributed by atoms with Crippen molar-refractivity contribution in [2.75, 3.05) is 11.1 Å². The van der Waals surface area contributed by atoms with Crippen molar-refractivity contribution in [3.63, 3.8) is 0 Å². The normalized spacial score (nSPS) is 11.0. The molecule has 4 aromatic rings. The number of furan rings is 1. The lowest BCUT2D eigenvalue weighted by Crippen LogP contribution is -2.17. The molecule has 0 spiro atoms. The Morgan fingerprint density at radius 2 is 1.88 bits per heavy atom. The van der Waals surface area contributed by atoms with Gasteiger partial charge in [0.25, 0.3) is 5.91 Å². The van der Waals surface area contributed by atoms with Crippen molar-refractivity contribution in [2.45, 2.75) is 25.4 Å². The summed E-state index contributed by atoms with van der Waals surface area (Å²) in [5.41, 5.74) is 2.32. The fraction of sp³-hybridized carbons (Fsp3) is 0.167. The molecular weight excluding hydrogens is 446 g/mol. The maximum Gasteiger partial charge on any atom is 0.276 e. The van der Waals surface area contributed by atoms with Crippen LogP contribution < -0.4 is 5.32 Å². The first-order valence-corrected chi connectivity index (χ1v) is 11.4. The second-order valence-electron chi connectivity index (χ2n) is 7.15. The van der Waals surface area contributed by atoms with Gasteiger partial charge in [-0.05, 0) is 25.5 Å². The predicted octanol–water partition coefficient (Wildman–Crippen LogP) is 6.17. The van der Waals surface area contributed by atoms with E-state index in [1.165, 1.54) is 18.0 Å². The highest BCUT2D eigenvalue weighted by molar-refractivity contribution is 7.99. The van der Waals surface area contributed by atoms with Crippen LogP contribution in [-0.4, -0.2) is 27.4 Å². The minimum atomic E-state index is -0.541. The number of carbonyl (C=O) groups excluding carboxylic acids is 2. The number of aryl methyl sites for hydroxylation is 1. The second-order valence-corrected chi connectivity index (χ2v) is 8.62. The Labute approximate surface area is 194 Å². The zero-order valence-electron chi connectivity index (χ0n) is 17.5. The van der Waals surface area contributed by atoms with Gasteiger partial charge in [0.05, 0.1) is 16.9 Å². The SMILES string of the molecule is CCCSc1ncc(Cl)c(C(=O)Nc2c(C(=O)c3ccc(C)cc3)oc3ccccc23)n1. The van der Waals surface area contributed by atoms with Crippen LogP contribution in [0.3, 0.4) is 0 Å². The van der Waals surface area contributed by atoms with E-state index < -0.39 is 5.91 Å². The van der Waals surface area contributed by atoms with Crippen molar-refractivity contribution in [3.8, 4) is 0 Å². The zero-order chi connectivity index (χ0) is 22.7. The fourth-order valence-corrected chi connectivity index (χ4v) is 3.96. The number of halogens is 1. The molecule has 0 unspecified atom stereocenters. The van der Waals surface area contributed by atoms with Crippen molar-refractivity contribution in [3.05, 3.63) is 82.3 Å². The lowest BCUT2D eigenvalue weighted by atomic mass is 10.1. The fourth-order valence-electron chi connectivity index (χ4n) is 3.11. The summed E-state index contributed by atoms with van der Waals surface area (Å²) >= 11 is 7.66. The number of fused-ring (bicyclic) bond motifs is 1. The Hall–Kier alpha value is -3.16. The first-order chi connectivity index (χ1) is 15.5. The molecule has 162 valence electrons. The summed E-state index contributed by atoms with van der Waals surface area (Å²) in [7, 11) is 0. The van der Waals surface area contributed by atoms with E-state index in [0.29, 0.717) is 21.7 Å². The molecule has 0 atom stereocenters. The van der Waals surface area contributed by atoms with Crippen LogP contribution >= 0.6 is 23.4 Å². The second kappa shape index (κ2) is 9.54. The molecule has 0 saturated heterocycles. The molecule has 8 heteroatoms. The molecule has 2 aromatic carbocycles. The van der Waals surface area contributed by atoms with Crippen LogP contribution in [0.5, 0.6) is 0 Å². The van der Waals surface area contributed by atoms with E-state index in [9.17, 15) is 9.59 Å². The Morgan fingerprint density at radius 3 is 2.62 bits per heavy atom. The third-order valence-electron chi connectivity index (χ3n) is 4.73. The van der Waals surface area contributed by atoms with Gasteiger partial charge in [0.1, 0.15) is 5.58 Å². The van der Waals surface area contributed by atoms with E-state index in [-0.39, 0.29) is 27.9 Å². The zero-order valence-corrected chi connectivity index (χ0v) is 19.1. The number of thioether (sulfide) groups is 1. The largest absolute Gasteiger partial charge is 0.450 e. The van der Waals surface area contributed by atoms with Crippen molar-refractivity contribution >= 4 is 51.7 Å². The highest BCUT2D eigenvalue weighted by Gasteiger charge is 2.25. The van der Waals surface area contributed by atoms with Crippen molar-refractivity contribution < 1.29 is 14.0 Å². The summed E-state index contributed by atoms with van der Waals surface area (Å²) in [5, 5.41) is 4.01. The first-order valence-electron chi connectivity index (χ1n) is 10.1. The highest BCUT2D eigenvalue weighted by Crippen LogP contribution is 2.33. The number of nitrogens with zero attached hydrogens (tertiary/aromatic N) is 2. The number of hydrogen-bond acceptors (Lipinski definition) is 6. The summed E-state index contributed by atoms with van der Waals surface area (Å²) in [6.07, 6.45) is 2.36. The van der Waals surface area contributed by atoms with Gasteiger partial charge < -0.3 is 9.73 Å². The molecule has 0 fully saturated rings. The van der Waals surface area contributed by atoms with Crippen LogP contribution in [0.4, 0.5) is 5.69 Å². The van der Waals surface area contributed by atoms with Gasteiger partial charge in [0, 0.05) is 16.7 Å². The van der Waals surface area contributed by atoms with Crippen LogP contribution in [0.25, 0.3) is 11.0 Å². The first kappa shape index (κ1) is 22.0. The molecule has 0 aliphatic rings. The van der Waals surface area contributed by atoms with E-state index >= 15 is 0 Å². The number of benzene rings is 2. The smallest absolute Gasteiger partial charge is 0.276 e. The maximum absolute atomic E-state index is 13.2. The summed E-state index contributed by atoms with van der Waals surface area (Å²) in [5.74, 6) is 0.00320. The minimum absolute atomic E-state index is 0.0410. The maximum atomic E-state index is 13.2. The molecule has 0 bridgehead atoms. The molecule has 0 radical (unpaired) electrons. The van der Waals surface area contributed by atoms with E-state index in [0.717, 1.165) is 17.7 Å². The summed E-state index contributed by atoms with van der Waals surface area (Å²) in [6, 6.07) is 14.3. The molecule has 0 aliphatic heterocycles. The number of nitrogens with one attached hydrogen (secondary N) is 1. The van der Waals surface area contributed by atoms with Crippen molar-refractivity contribution in [1.29, 1.82) is 0 Å². The Bertz CT molecular complexity index is 1300. The van der Waals surface area contributed by atoms with Gasteiger partial charge in [-0.25, -0.2) is 9.97 Å². The summed E-state index contributed by atoms with van der Waals surface area (Å²) < 4.78 is 5.86. The van der Waals surface area contributed by atoms with E-state index in [1.54, 1.807) is 30.3 Å². The highest BCUT2D eigenvalue weighted by atomic mass is 35.5. The molecule has 32 heavy (non-hydrogen) atoms. The summed E-state index contributed by atoms with van der Waals surface area (Å²) in [4.78, 5) is 34.8. The number of hydrogen-bond donors (Lipinski definition) is 1. The van der Waals surface area contributed by atoms with E-state index in [1.807, 2.05) is 32.0 Å². The number of rotatable bonds is 7. The number of carbonyl (C=O) groups is 2. The molecule has 1 N–H and O–H groups in total. The summed E-state index contributed by atoms with van der Waals surface area (Å²) in [6.45, 7) is 3.99. The lowest BCUT2D eigenvalue weighted by Gasteiger charge is -2.08. The van der Waals surface area contributed by atoms with Crippen LogP contribution in [0.2, 0.25) is 5.02 Å². The average molecular weight is 466 g/mol. The number of aromatic nitrogens is 2. The third kappa shape index (κ3) is 4.54. The van der Waals surface area contributed by atoms with Gasteiger partial charge >= 0.3 is 0 Å². The topological polar surface area (TPSA) is 85.1 Å². The molecule has 0 aliphatic carbocycles. The molecule has 4 rings (SSSR count). The van der Waals surface area contributed by atoms with Crippen molar-refractivity contribution in [1.82, 2.24) is 9.97 Å². The molecule has 6 nitrogen and oxygen atoms in total. The monoisotopic (exact) mass is 465 g/mol. The predicted molar refractivity (Wildman–Crippen MR) is 127 cm³/mol. The van der Waals surface area contributed by atoms with Crippen LogP contribution in [0, 0.1) is 6.92 Å². The molecule has 2 heterocycles. The van der Waals surface area contributed by atoms with Crippen LogP contribution in [0.15, 0.2) is 64.3 Å². The van der Waals surface area contributed by atoms with Gasteiger partial charge in [-0.1, -0.05) is 72.2 Å². The van der Waals surface area contributed by atoms with Crippen LogP contribution in [0.1, 0.15) is 45.5 Å². The Kier molecular flexibility index (Phi) is 6.58. The molecular formula is C24H20ClN3O3S. The van der Waals surface area contributed by atoms with E-state index in [4.69, 9.17) is 16.0 Å². The Balaban J connectivity index is 1.73. The quantitative estimate of drug-likeness (QED) is 0.199. The third-order valence-corrected chi connectivity index (χ3v) is 6.07. The van der Waals surface area contributed by atoms with Gasteiger partial charge in [-0.2, -0.15) is 0 Å². The minimum Gasteiger partial charge on any atom is -0.450 e. The van der Waals surface area contributed by atoms with Gasteiger partial charge in [-0.15, -0.1) is 0 Å². The number of para-hydroxylation sites is 1. The number of anilines is 1. The number of amides is 1. The molecule has 0 saturated carbocycles. The average Bonchev–Trinajstić information content (AvgIpc) is 3.17. The van der Waals surface area contributed by atoms with E-state index in [2.05, 4.69) is 15.3 Å². The van der Waals surface area contributed by atoms with Crippen LogP contribution in [-0.2, 0) is 0 Å². The van der Waals surface area contributed by atoms with Gasteiger partial charge in [-0.3, -0.25) is 9.59 Å². The standard InChI is InChI=1S/C24H20ClN3O3S/c1-3-12-32-24-26-13-17(25)20(28-24)23(30)27-19-16-6-4-5-7-18(16)31-22(19)21(29)15-10-8-14(2)9-11-15/h4-11,13H,3,12H2,1-2H3,(H,27,30). The lowest BCUT2D eigenvalue weighted by molar-refractivity contribution is 0.101. The van der Waals surface area contributed by atoms with Gasteiger partial charge in [0.2, 0.25) is 5.78 Å². The van der Waals surface area contributed by atoms with Gasteiger partial charge in [0.15, 0.2) is 16.6 Å². The molecule has 1 amide bonds.